The Bertz CT molecular complexity index is 7640. The second kappa shape index (κ2) is 45.7. The van der Waals surface area contributed by atoms with Gasteiger partial charge in [0.05, 0.1) is 52.3 Å². The molecule has 0 spiro atoms. The van der Waals surface area contributed by atoms with Crippen molar-refractivity contribution in [3.05, 3.63) is 307 Å². The number of H-pyrrole nitrogens is 1. The molecule has 13 aromatic rings. The molecule has 748 valence electrons. The molecule has 2 aliphatic carbocycles. The number of aromatic nitrogens is 7. The van der Waals surface area contributed by atoms with Crippen molar-refractivity contribution < 1.29 is 106 Å². The predicted octanol–water partition coefficient (Wildman–Crippen LogP) is 15.9. The van der Waals surface area contributed by atoms with Crippen LogP contribution in [0.2, 0.25) is 0 Å². The summed E-state index contributed by atoms with van der Waals surface area (Å²) in [5.41, 5.74) is 14.6. The number of aryl methyl sites for hydroxylation is 11. The fourth-order valence-electron chi connectivity index (χ4n) is 15.8. The number of nitrogens with zero attached hydrogens (tertiary/aromatic N) is 6. The molecule has 0 bridgehead atoms. The third-order valence-corrected chi connectivity index (χ3v) is 26.1. The van der Waals surface area contributed by atoms with E-state index < -0.39 is 75.9 Å². The van der Waals surface area contributed by atoms with Crippen molar-refractivity contribution in [3.8, 4) is 23.8 Å². The van der Waals surface area contributed by atoms with Crippen LogP contribution in [-0.2, 0) is 24.0 Å². The Morgan fingerprint density at radius 3 is 1.63 bits per heavy atom. The van der Waals surface area contributed by atoms with Gasteiger partial charge in [-0.1, -0.05) is 31.2 Å². The minimum atomic E-state index is -1.28. The number of aromatic amines is 1. The molecule has 6 aromatic carbocycles. The molecule has 14 N–H and O–H groups in total. The van der Waals surface area contributed by atoms with Gasteiger partial charge in [0, 0.05) is 81.2 Å². The highest BCUT2D eigenvalue weighted by Gasteiger charge is 2.46. The number of aromatic carboxylic acids is 4. The number of nitrogens with one attached hydrogen (secondary N) is 8. The molecule has 39 heteroatoms. The monoisotopic (exact) mass is 2000 g/mol. The van der Waals surface area contributed by atoms with E-state index in [2.05, 4.69) is 103 Å². The molecule has 3 aliphatic heterocycles. The number of benzene rings is 6. The molecule has 2 fully saturated rings. The molecule has 6 amide bonds. The van der Waals surface area contributed by atoms with Gasteiger partial charge in [0.25, 0.3) is 35.4 Å². The minimum absolute atomic E-state index is 0.0150. The number of aliphatic carboxylic acids is 2. The number of hydrogen-bond donors (Lipinski definition) is 14. The summed E-state index contributed by atoms with van der Waals surface area (Å²) in [6.07, 6.45) is 25.1. The summed E-state index contributed by atoms with van der Waals surface area (Å²) in [6, 6.07) is 31.2. The van der Waals surface area contributed by atoms with Gasteiger partial charge in [-0.3, -0.25) is 43.7 Å². The lowest BCUT2D eigenvalue weighted by Crippen LogP contribution is -2.59. The number of anilines is 5. The van der Waals surface area contributed by atoms with Crippen LogP contribution in [-0.4, -0.2) is 173 Å². The van der Waals surface area contributed by atoms with Gasteiger partial charge >= 0.3 is 47.1 Å². The standard InChI is InChI=1S/C20H14N2O6.C19H23NO4.C18H17N3O3.C18H16N2O3S.C16H13N3O5.C16H17N3O3/c1-3-6-27-16-9-17-12(7-11(16)2)8-13(20(26)28-17)18(23)22-15-4-5-21-10-14(15)19(24)25;1-12-8-14-10-15(11-24-16(14)9-13(12)2)17(21)20-19(18(22)23)6-4-3-5-7-19;1-10-6-12-8-13(9-20-15(12)7-11(10)2)17(22)21-16-14(18(23)24)4-3-5-19-16;1-10-5-12-7-13(9-24-16(12)6-11(10)2)17(21)20-15-8-19-4-3-14(15)18(22)23;1-7-3-9-5-10(16(23)24-11(9)4-8(7)2)14(20)19-13-12(15(21)22)17-6-18-13;1-9-6-11-12(7-10(9)2)18-13(8-17-11)14(20)19-16(15(21)22)4-3-5-16/h1,4-5,7-10H,6H2,2H3,(H,24,25)(H,21,22,23);8-10H,3-7,11H2,1-2H3,(H,20,21)(H,22,23);3-8,20H,9H2,1-2H3,(H,23,24)(H,19,21,22);3-8H,9H2,1-2H3,(H,20,21)(H,22,23);3-6H,1-2H3,(H,17,18)(H,19,20)(H,21,22);6-8H,3-5H2,1-2H3,(H,19,20)(H,21,22). The van der Waals surface area contributed by atoms with Crippen molar-refractivity contribution in [1.82, 2.24) is 45.5 Å². The van der Waals surface area contributed by atoms with E-state index in [1.54, 1.807) is 36.9 Å². The fraction of sp³-hybridized carbons (Fsp3) is 0.234. The maximum Gasteiger partial charge on any atom is 0.356 e. The van der Waals surface area contributed by atoms with Crippen LogP contribution in [0.1, 0.15) is 202 Å². The highest BCUT2D eigenvalue weighted by molar-refractivity contribution is 7.99. The third-order valence-electron chi connectivity index (χ3n) is 25.0. The van der Waals surface area contributed by atoms with Gasteiger partial charge in [0.1, 0.15) is 80.7 Å². The van der Waals surface area contributed by atoms with Crippen molar-refractivity contribution in [2.45, 2.75) is 144 Å². The molecule has 0 saturated heterocycles. The van der Waals surface area contributed by atoms with E-state index in [0.29, 0.717) is 82.3 Å². The number of hydrogen-bond acceptors (Lipinski definition) is 26. The van der Waals surface area contributed by atoms with Crippen molar-refractivity contribution >= 4 is 163 Å². The molecule has 10 heterocycles. The van der Waals surface area contributed by atoms with Crippen LogP contribution in [0.3, 0.4) is 0 Å². The highest BCUT2D eigenvalue weighted by Crippen LogP contribution is 2.38. The molecule has 0 radical (unpaired) electrons. The summed E-state index contributed by atoms with van der Waals surface area (Å²) in [7, 11) is 0. The smallest absolute Gasteiger partial charge is 0.356 e. The number of fused-ring (bicyclic) bond motifs is 6. The predicted molar refractivity (Wildman–Crippen MR) is 544 cm³/mol. The minimum Gasteiger partial charge on any atom is -0.488 e. The van der Waals surface area contributed by atoms with Crippen LogP contribution in [0.5, 0.6) is 11.5 Å². The Morgan fingerprint density at radius 2 is 0.993 bits per heavy atom. The Labute approximate surface area is 837 Å². The molecular formula is C107H100N14O24S. The Hall–Kier alpha value is -18.1. The number of thioether (sulfide) groups is 1. The number of terminal acetylenes is 1. The van der Waals surface area contributed by atoms with Gasteiger partial charge in [0.15, 0.2) is 11.5 Å². The summed E-state index contributed by atoms with van der Waals surface area (Å²) in [6.45, 7) is 22.3. The van der Waals surface area contributed by atoms with E-state index in [1.807, 2.05) is 111 Å². The van der Waals surface area contributed by atoms with E-state index in [9.17, 15) is 82.4 Å². The average molecular weight is 2000 g/mol. The zero-order chi connectivity index (χ0) is 105. The molecular weight excluding hydrogens is 1900 g/mol. The average Bonchev–Trinajstić information content (AvgIpc) is 0.841. The molecule has 0 unspecified atom stereocenters. The van der Waals surface area contributed by atoms with Gasteiger partial charge in [-0.15, -0.1) is 18.2 Å². The topological polar surface area (TPSA) is 582 Å². The van der Waals surface area contributed by atoms with Gasteiger partial charge < -0.3 is 91.1 Å². The molecule has 146 heavy (non-hydrogen) atoms. The van der Waals surface area contributed by atoms with Crippen molar-refractivity contribution in [3.63, 3.8) is 0 Å². The van der Waals surface area contributed by atoms with Crippen LogP contribution < -0.4 is 57.9 Å². The van der Waals surface area contributed by atoms with E-state index in [1.165, 1.54) is 90.1 Å². The maximum atomic E-state index is 12.6. The number of carbonyl (C=O) groups is 12. The first-order valence-electron chi connectivity index (χ1n) is 45.6. The molecule has 5 aliphatic rings. The second-order valence-corrected chi connectivity index (χ2v) is 36.1. The largest absolute Gasteiger partial charge is 0.488 e. The Balaban J connectivity index is 0.000000147. The van der Waals surface area contributed by atoms with E-state index in [4.69, 9.17) is 40.1 Å². The van der Waals surface area contributed by atoms with Crippen molar-refractivity contribution in [2.75, 3.05) is 52.1 Å². The van der Waals surface area contributed by atoms with Gasteiger partial charge in [0.2, 0.25) is 0 Å². The van der Waals surface area contributed by atoms with Gasteiger partial charge in [-0.05, 0) is 296 Å². The summed E-state index contributed by atoms with van der Waals surface area (Å²) < 4.78 is 21.5. The van der Waals surface area contributed by atoms with Gasteiger partial charge in [-0.2, -0.15) is 0 Å². The molecule has 38 nitrogen and oxygen atoms in total. The first kappa shape index (κ1) is 105. The van der Waals surface area contributed by atoms with Crippen molar-refractivity contribution in [1.29, 1.82) is 0 Å². The number of carboxylic acid groups (broad SMARTS) is 6. The lowest BCUT2D eigenvalue weighted by atomic mass is 9.76. The first-order chi connectivity index (χ1) is 69.5. The Kier molecular flexibility index (Phi) is 32.9. The van der Waals surface area contributed by atoms with E-state index in [-0.39, 0.29) is 98.7 Å². The number of ether oxygens (including phenoxy) is 2. The summed E-state index contributed by atoms with van der Waals surface area (Å²) >= 11 is 1.61. The summed E-state index contributed by atoms with van der Waals surface area (Å²) in [5, 5.41) is 75.0. The number of amides is 6. The fourth-order valence-corrected chi connectivity index (χ4v) is 16.9. The number of rotatable bonds is 20. The van der Waals surface area contributed by atoms with E-state index >= 15 is 0 Å². The molecule has 18 rings (SSSR count). The SMILES string of the molecule is C#CCOc1cc2oc(=O)c(C(=O)Nc3ccncc3C(=O)O)cc2cc1C.Cc1cc2c(cc1C)NCC(C(=O)Nc1ncccc1C(=O)O)=C2.Cc1cc2c(cc1C)OCC(C(=O)NC1(C(=O)O)CCCCC1)=C2.Cc1cc2c(cc1C)SCC(C(=O)Nc1cnccc1C(=O)O)=C2.Cc1cc2cc(C(=O)Nc3nc[nH]c3C(=O)O)c(=O)oc2cc1C.Cc1cc2ncc(C(=O)NC3(C(=O)O)CCC3)nc2cc1C. The van der Waals surface area contributed by atoms with Crippen LogP contribution in [0.15, 0.2) is 193 Å². The Morgan fingerprint density at radius 1 is 0.459 bits per heavy atom. The normalized spacial score (nSPS) is 13.5. The van der Waals surface area contributed by atoms with Crippen LogP contribution in [0.25, 0.3) is 51.2 Å². The van der Waals surface area contributed by atoms with E-state index in [0.717, 1.165) is 121 Å². The molecule has 7 aromatic heterocycles. The number of carbonyl (C=O) groups excluding carboxylic acids is 6. The zero-order valence-electron chi connectivity index (χ0n) is 80.9. The number of imidazole rings is 1. The summed E-state index contributed by atoms with van der Waals surface area (Å²) in [4.78, 5) is 194. The second-order valence-electron chi connectivity index (χ2n) is 35.1. The number of pyridine rings is 3. The lowest BCUT2D eigenvalue weighted by molar-refractivity contribution is -0.149. The van der Waals surface area contributed by atoms with Crippen LogP contribution >= 0.6 is 11.8 Å². The van der Waals surface area contributed by atoms with Crippen LogP contribution in [0.4, 0.5) is 28.7 Å². The van der Waals surface area contributed by atoms with Gasteiger partial charge in [-0.25, -0.2) is 53.3 Å². The van der Waals surface area contributed by atoms with Crippen molar-refractivity contribution in [2.24, 2.45) is 0 Å². The first-order valence-corrected chi connectivity index (χ1v) is 46.5. The summed E-state index contributed by atoms with van der Waals surface area (Å²) in [5.74, 6) is -5.81. The maximum absolute atomic E-state index is 12.6. The number of carboxylic acids is 6. The molecule has 0 atom stereocenters. The highest BCUT2D eigenvalue weighted by atomic mass is 32.2. The zero-order valence-corrected chi connectivity index (χ0v) is 81.7. The third kappa shape index (κ3) is 24.9. The molecule has 2 saturated carbocycles. The lowest BCUT2D eigenvalue weighted by Gasteiger charge is -2.38. The quantitative estimate of drug-likeness (QED) is 0.0249. The van der Waals surface area contributed by atoms with Crippen LogP contribution in [0, 0.1) is 88.5 Å².